The smallest absolute Gasteiger partial charge is 0.308 e. The molecule has 0 radical (unpaired) electrons. The van der Waals surface area contributed by atoms with Crippen LogP contribution in [0.1, 0.15) is 5.56 Å². The van der Waals surface area contributed by atoms with E-state index in [1.165, 1.54) is 16.8 Å². The van der Waals surface area contributed by atoms with E-state index in [4.69, 9.17) is 0 Å². The zero-order chi connectivity index (χ0) is 23.5. The fraction of sp³-hybridized carbons (Fsp3) is 0.0769. The number of rotatable bonds is 6. The maximum Gasteiger partial charge on any atom is 0.331 e. The van der Waals surface area contributed by atoms with Gasteiger partial charge in [0.1, 0.15) is 23.7 Å². The standard InChI is InChI=1S/C26H21N5O3/c32-22(18-31-23(33)14-16-29(26(31)34)17-19-9-3-1-4-10-19)28-25-24(20-11-5-2-6-12-20)27-21-13-7-8-15-30(21)25/h1-16H,17-18H2,(H,28,32). The highest BCUT2D eigenvalue weighted by Gasteiger charge is 2.17. The van der Waals surface area contributed by atoms with Crippen molar-refractivity contribution in [3.63, 3.8) is 0 Å². The van der Waals surface area contributed by atoms with Crippen LogP contribution in [0.5, 0.6) is 0 Å². The second kappa shape index (κ2) is 9.03. The first-order chi connectivity index (χ1) is 16.6. The molecule has 1 amide bonds. The van der Waals surface area contributed by atoms with Gasteiger partial charge in [0.05, 0.1) is 6.54 Å². The maximum atomic E-state index is 13.0. The van der Waals surface area contributed by atoms with Crippen LogP contribution in [-0.4, -0.2) is 24.4 Å². The molecule has 0 saturated carbocycles. The SMILES string of the molecule is O=C(Cn1c(=O)ccn(Cc2ccccc2)c1=O)Nc1c(-c2ccccc2)nc2ccccn12. The van der Waals surface area contributed by atoms with Gasteiger partial charge >= 0.3 is 5.69 Å². The molecule has 168 valence electrons. The number of benzene rings is 2. The predicted octanol–water partition coefficient (Wildman–Crippen LogP) is 3.01. The van der Waals surface area contributed by atoms with Gasteiger partial charge in [-0.05, 0) is 17.7 Å². The number of imidazole rings is 1. The molecule has 0 aliphatic rings. The van der Waals surface area contributed by atoms with Crippen molar-refractivity contribution in [3.05, 3.63) is 124 Å². The van der Waals surface area contributed by atoms with E-state index >= 15 is 0 Å². The lowest BCUT2D eigenvalue weighted by atomic mass is 10.1. The van der Waals surface area contributed by atoms with Crippen molar-refractivity contribution in [3.8, 4) is 11.3 Å². The highest BCUT2D eigenvalue weighted by Crippen LogP contribution is 2.28. The molecule has 0 saturated heterocycles. The summed E-state index contributed by atoms with van der Waals surface area (Å²) in [6.45, 7) is -0.116. The molecule has 0 fully saturated rings. The van der Waals surface area contributed by atoms with Crippen LogP contribution in [0.25, 0.3) is 16.9 Å². The minimum atomic E-state index is -0.548. The number of pyridine rings is 1. The first-order valence-corrected chi connectivity index (χ1v) is 10.8. The summed E-state index contributed by atoms with van der Waals surface area (Å²) in [6, 6.07) is 25.8. The van der Waals surface area contributed by atoms with Crippen LogP contribution in [0.2, 0.25) is 0 Å². The van der Waals surface area contributed by atoms with Gasteiger partial charge in [-0.3, -0.25) is 23.1 Å². The summed E-state index contributed by atoms with van der Waals surface area (Å²) in [6.07, 6.45) is 3.25. The molecule has 1 N–H and O–H groups in total. The van der Waals surface area contributed by atoms with Gasteiger partial charge in [-0.1, -0.05) is 66.7 Å². The third kappa shape index (κ3) is 4.16. The van der Waals surface area contributed by atoms with Crippen molar-refractivity contribution < 1.29 is 4.79 Å². The minimum Gasteiger partial charge on any atom is -0.308 e. The Kier molecular flexibility index (Phi) is 5.61. The molecule has 5 aromatic rings. The van der Waals surface area contributed by atoms with E-state index < -0.39 is 23.7 Å². The third-order valence-corrected chi connectivity index (χ3v) is 5.47. The number of fused-ring (bicyclic) bond motifs is 1. The van der Waals surface area contributed by atoms with Crippen molar-refractivity contribution >= 4 is 17.4 Å². The first kappa shape index (κ1) is 21.1. The van der Waals surface area contributed by atoms with Gasteiger partial charge < -0.3 is 5.32 Å². The van der Waals surface area contributed by atoms with Gasteiger partial charge in [0.15, 0.2) is 0 Å². The summed E-state index contributed by atoms with van der Waals surface area (Å²) in [5.41, 5.74) is 1.93. The number of nitrogens with zero attached hydrogens (tertiary/aromatic N) is 4. The zero-order valence-electron chi connectivity index (χ0n) is 18.2. The van der Waals surface area contributed by atoms with Crippen LogP contribution in [0.15, 0.2) is 107 Å². The number of amides is 1. The fourth-order valence-corrected chi connectivity index (χ4v) is 3.83. The molecule has 8 nitrogen and oxygen atoms in total. The normalized spacial score (nSPS) is 10.9. The van der Waals surface area contributed by atoms with Crippen molar-refractivity contribution in [1.29, 1.82) is 0 Å². The molecule has 3 aromatic heterocycles. The number of hydrogen-bond acceptors (Lipinski definition) is 4. The molecule has 0 spiro atoms. The summed E-state index contributed by atoms with van der Waals surface area (Å²) in [4.78, 5) is 43.1. The molecule has 0 bridgehead atoms. The summed E-state index contributed by atoms with van der Waals surface area (Å²) < 4.78 is 4.11. The monoisotopic (exact) mass is 451 g/mol. The van der Waals surface area contributed by atoms with Gasteiger partial charge in [0.2, 0.25) is 5.91 Å². The molecule has 0 aliphatic carbocycles. The Labute approximate surface area is 194 Å². The molecular formula is C26H21N5O3. The van der Waals surface area contributed by atoms with Crippen LogP contribution in [-0.2, 0) is 17.9 Å². The topological polar surface area (TPSA) is 90.4 Å². The number of carbonyl (C=O) groups excluding carboxylic acids is 1. The van der Waals surface area contributed by atoms with Gasteiger partial charge in [0.25, 0.3) is 5.56 Å². The largest absolute Gasteiger partial charge is 0.331 e. The van der Waals surface area contributed by atoms with Crippen LogP contribution in [0.4, 0.5) is 5.82 Å². The molecule has 2 aromatic carbocycles. The summed E-state index contributed by atoms with van der Waals surface area (Å²) in [5, 5.41) is 2.86. The quantitative estimate of drug-likeness (QED) is 0.430. The second-order valence-electron chi connectivity index (χ2n) is 7.79. The summed E-state index contributed by atoms with van der Waals surface area (Å²) in [5.74, 6) is -0.0279. The molecule has 5 rings (SSSR count). The Balaban J connectivity index is 1.46. The van der Waals surface area contributed by atoms with E-state index in [-0.39, 0.29) is 0 Å². The van der Waals surface area contributed by atoms with Gasteiger partial charge in [-0.2, -0.15) is 0 Å². The third-order valence-electron chi connectivity index (χ3n) is 5.47. The molecule has 0 atom stereocenters. The Hall–Kier alpha value is -4.72. The number of hydrogen-bond donors (Lipinski definition) is 1. The van der Waals surface area contributed by atoms with Crippen molar-refractivity contribution in [2.75, 3.05) is 5.32 Å². The summed E-state index contributed by atoms with van der Waals surface area (Å²) >= 11 is 0. The van der Waals surface area contributed by atoms with Crippen LogP contribution < -0.4 is 16.6 Å². The van der Waals surface area contributed by atoms with Gasteiger partial charge in [0, 0.05) is 24.0 Å². The molecule has 3 heterocycles. The van der Waals surface area contributed by atoms with Crippen LogP contribution in [0, 0.1) is 0 Å². The van der Waals surface area contributed by atoms with Crippen molar-refractivity contribution in [2.24, 2.45) is 0 Å². The number of carbonyl (C=O) groups is 1. The van der Waals surface area contributed by atoms with Crippen LogP contribution >= 0.6 is 0 Å². The average molecular weight is 451 g/mol. The molecule has 8 heteroatoms. The average Bonchev–Trinajstić information content (AvgIpc) is 3.23. The van der Waals surface area contributed by atoms with Crippen molar-refractivity contribution in [1.82, 2.24) is 18.5 Å². The van der Waals surface area contributed by atoms with Crippen molar-refractivity contribution in [2.45, 2.75) is 13.1 Å². The Morgan fingerprint density at radius 2 is 1.53 bits per heavy atom. The van der Waals surface area contributed by atoms with E-state index in [0.29, 0.717) is 23.7 Å². The molecule has 34 heavy (non-hydrogen) atoms. The lowest BCUT2D eigenvalue weighted by Crippen LogP contribution is -2.42. The van der Waals surface area contributed by atoms with E-state index in [9.17, 15) is 14.4 Å². The Morgan fingerprint density at radius 3 is 2.29 bits per heavy atom. The highest BCUT2D eigenvalue weighted by molar-refractivity contribution is 5.94. The second-order valence-corrected chi connectivity index (χ2v) is 7.79. The van der Waals surface area contributed by atoms with E-state index in [0.717, 1.165) is 15.7 Å². The predicted molar refractivity (Wildman–Crippen MR) is 130 cm³/mol. The van der Waals surface area contributed by atoms with Gasteiger partial charge in [-0.15, -0.1) is 0 Å². The number of nitrogens with one attached hydrogen (secondary N) is 1. The molecule has 0 unspecified atom stereocenters. The Bertz CT molecular complexity index is 1580. The fourth-order valence-electron chi connectivity index (χ4n) is 3.83. The van der Waals surface area contributed by atoms with E-state index in [2.05, 4.69) is 10.3 Å². The van der Waals surface area contributed by atoms with Gasteiger partial charge in [-0.25, -0.2) is 9.78 Å². The van der Waals surface area contributed by atoms with E-state index in [1.54, 1.807) is 10.6 Å². The van der Waals surface area contributed by atoms with Crippen LogP contribution in [0.3, 0.4) is 0 Å². The number of anilines is 1. The number of aromatic nitrogens is 4. The first-order valence-electron chi connectivity index (χ1n) is 10.8. The lowest BCUT2D eigenvalue weighted by molar-refractivity contribution is -0.116. The molecule has 0 aliphatic heterocycles. The summed E-state index contributed by atoms with van der Waals surface area (Å²) in [7, 11) is 0. The lowest BCUT2D eigenvalue weighted by Gasteiger charge is -2.11. The highest BCUT2D eigenvalue weighted by atomic mass is 16.2. The van der Waals surface area contributed by atoms with E-state index in [1.807, 2.05) is 78.9 Å². The molecular weight excluding hydrogens is 430 g/mol. The zero-order valence-corrected chi connectivity index (χ0v) is 18.2. The Morgan fingerprint density at radius 1 is 0.824 bits per heavy atom. The minimum absolute atomic E-state index is 0.299. The maximum absolute atomic E-state index is 13.0.